The van der Waals surface area contributed by atoms with Crippen LogP contribution in [-0.4, -0.2) is 48.3 Å². The van der Waals surface area contributed by atoms with Gasteiger partial charge < -0.3 is 29.8 Å². The number of aromatic nitrogens is 2. The zero-order valence-electron chi connectivity index (χ0n) is 18.0. The molecule has 4 heterocycles. The van der Waals surface area contributed by atoms with Crippen LogP contribution < -0.4 is 20.1 Å². The molecule has 1 saturated carbocycles. The molecule has 1 amide bonds. The summed E-state index contributed by atoms with van der Waals surface area (Å²) in [5.41, 5.74) is 4.44. The Morgan fingerprint density at radius 1 is 1.33 bits per heavy atom. The summed E-state index contributed by atoms with van der Waals surface area (Å²) in [6, 6.07) is 7.54. The number of rotatable bonds is 7. The van der Waals surface area contributed by atoms with E-state index in [0.717, 1.165) is 36.4 Å². The number of H-pyrrole nitrogens is 1. The van der Waals surface area contributed by atoms with Crippen LogP contribution in [0.4, 0.5) is 11.4 Å². The summed E-state index contributed by atoms with van der Waals surface area (Å²) in [7, 11) is 1.57. The number of benzene rings is 1. The van der Waals surface area contributed by atoms with Gasteiger partial charge in [-0.05, 0) is 24.6 Å². The largest absolute Gasteiger partial charge is 0.493 e. The molecule has 2 aromatic heterocycles. The highest BCUT2D eigenvalue weighted by Crippen LogP contribution is 2.51. The van der Waals surface area contributed by atoms with E-state index < -0.39 is 0 Å². The molecule has 0 radical (unpaired) electrons. The molecule has 33 heavy (non-hydrogen) atoms. The first kappa shape index (κ1) is 20.4. The lowest BCUT2D eigenvalue weighted by Crippen LogP contribution is -2.32. The molecule has 2 aliphatic heterocycles. The van der Waals surface area contributed by atoms with Crippen LogP contribution >= 0.6 is 11.6 Å². The minimum absolute atomic E-state index is 0.0984. The third-order valence-corrected chi connectivity index (χ3v) is 6.73. The van der Waals surface area contributed by atoms with Crippen LogP contribution in [0, 0.1) is 0 Å². The Bertz CT molecular complexity index is 1240. The normalized spacial score (nSPS) is 22.5. The van der Waals surface area contributed by atoms with E-state index in [2.05, 4.69) is 20.6 Å². The van der Waals surface area contributed by atoms with Gasteiger partial charge in [-0.3, -0.25) is 9.78 Å². The van der Waals surface area contributed by atoms with Gasteiger partial charge in [0.05, 0.1) is 47.1 Å². The molecule has 3 aliphatic rings. The molecule has 0 unspecified atom stereocenters. The molecule has 0 bridgehead atoms. The molecule has 1 saturated heterocycles. The number of carbonyl (C=O) groups is 1. The number of hydrogen-bond acceptors (Lipinski definition) is 6. The number of aromatic amines is 1. The Morgan fingerprint density at radius 3 is 3.00 bits per heavy atom. The predicted octanol–water partition coefficient (Wildman–Crippen LogP) is 4.25. The summed E-state index contributed by atoms with van der Waals surface area (Å²) < 4.78 is 17.1. The summed E-state index contributed by atoms with van der Waals surface area (Å²) in [6.07, 6.45) is 5.42. The van der Waals surface area contributed by atoms with Gasteiger partial charge in [0, 0.05) is 42.4 Å². The predicted molar refractivity (Wildman–Crippen MR) is 124 cm³/mol. The number of ether oxygens (including phenoxy) is 3. The number of carbonyl (C=O) groups excluding carboxylic acids is 1. The highest BCUT2D eigenvalue weighted by molar-refractivity contribution is 6.32. The number of nitrogens with zero attached hydrogens (tertiary/aromatic N) is 1. The molecule has 1 aliphatic carbocycles. The fourth-order valence-electron chi connectivity index (χ4n) is 4.52. The number of hydrogen-bond donors (Lipinski definition) is 3. The number of methoxy groups -OCH3 is 1. The zero-order chi connectivity index (χ0) is 22.5. The highest BCUT2D eigenvalue weighted by atomic mass is 35.5. The molecule has 3 aromatic rings. The summed E-state index contributed by atoms with van der Waals surface area (Å²) in [5.74, 6) is 1.31. The van der Waals surface area contributed by atoms with E-state index in [1.54, 1.807) is 25.6 Å². The van der Waals surface area contributed by atoms with Gasteiger partial charge in [0.25, 0.3) is 5.91 Å². The fraction of sp³-hybridized carbons (Fsp3) is 0.333. The zero-order valence-corrected chi connectivity index (χ0v) is 18.7. The number of nitrogens with one attached hydrogen (secondary N) is 3. The second kappa shape index (κ2) is 7.97. The van der Waals surface area contributed by atoms with Crippen LogP contribution in [0.2, 0.25) is 5.02 Å². The Hall–Kier alpha value is -3.23. The standard InChI is InChI=1S/C24H23ClN4O4/c1-31-23-15(25)3-2-4-16(23)27-22-19-20(14-9-17(14)28-24(19)30)29-21(22)13-5-7-26-10-18(13)33-11-12-6-8-32-12/h2-5,7,10,12,14,17,27,29H,6,8-9,11H2,1H3,(H,28,30)/t12-,14+,17-/m0/s1. The third kappa shape index (κ3) is 3.50. The van der Waals surface area contributed by atoms with Crippen molar-refractivity contribution in [1.29, 1.82) is 0 Å². The molecular formula is C24H23ClN4O4. The molecule has 6 rings (SSSR count). The van der Waals surface area contributed by atoms with Crippen molar-refractivity contribution in [3.05, 3.63) is 52.9 Å². The van der Waals surface area contributed by atoms with Crippen molar-refractivity contribution < 1.29 is 19.0 Å². The maximum atomic E-state index is 13.1. The van der Waals surface area contributed by atoms with Crippen molar-refractivity contribution >= 4 is 28.9 Å². The molecule has 0 spiro atoms. The van der Waals surface area contributed by atoms with Crippen LogP contribution in [-0.2, 0) is 4.74 Å². The lowest BCUT2D eigenvalue weighted by molar-refractivity contribution is -0.0720. The number of anilines is 2. The van der Waals surface area contributed by atoms with Gasteiger partial charge in [0.2, 0.25) is 0 Å². The smallest absolute Gasteiger partial charge is 0.255 e. The first-order valence-electron chi connectivity index (χ1n) is 11.0. The Morgan fingerprint density at radius 2 is 2.21 bits per heavy atom. The molecule has 8 nitrogen and oxygen atoms in total. The van der Waals surface area contributed by atoms with Crippen molar-refractivity contribution in [3.8, 4) is 22.8 Å². The lowest BCUT2D eigenvalue weighted by Gasteiger charge is -2.26. The number of pyridine rings is 1. The summed E-state index contributed by atoms with van der Waals surface area (Å²) in [4.78, 5) is 20.8. The van der Waals surface area contributed by atoms with Crippen LogP contribution in [0.3, 0.4) is 0 Å². The first-order chi connectivity index (χ1) is 16.1. The summed E-state index contributed by atoms with van der Waals surface area (Å²) in [5, 5.41) is 7.00. The van der Waals surface area contributed by atoms with E-state index in [4.69, 9.17) is 25.8 Å². The second-order valence-corrected chi connectivity index (χ2v) is 8.90. The van der Waals surface area contributed by atoms with Crippen LogP contribution in [0.5, 0.6) is 11.5 Å². The summed E-state index contributed by atoms with van der Waals surface area (Å²) >= 11 is 6.35. The van der Waals surface area contributed by atoms with Crippen molar-refractivity contribution in [3.63, 3.8) is 0 Å². The van der Waals surface area contributed by atoms with Gasteiger partial charge in [-0.15, -0.1) is 0 Å². The maximum Gasteiger partial charge on any atom is 0.255 e. The van der Waals surface area contributed by atoms with Gasteiger partial charge in [-0.2, -0.15) is 0 Å². The summed E-state index contributed by atoms with van der Waals surface area (Å²) in [6.45, 7) is 1.22. The maximum absolute atomic E-state index is 13.1. The van der Waals surface area contributed by atoms with Crippen molar-refractivity contribution in [2.24, 2.45) is 0 Å². The van der Waals surface area contributed by atoms with E-state index in [-0.39, 0.29) is 24.0 Å². The number of para-hydroxylation sites is 1. The molecule has 170 valence electrons. The monoisotopic (exact) mass is 466 g/mol. The van der Waals surface area contributed by atoms with Crippen LogP contribution in [0.15, 0.2) is 36.7 Å². The van der Waals surface area contributed by atoms with E-state index >= 15 is 0 Å². The minimum Gasteiger partial charge on any atom is -0.493 e. The van der Waals surface area contributed by atoms with Crippen molar-refractivity contribution in [2.45, 2.75) is 30.9 Å². The molecule has 1 aromatic carbocycles. The van der Waals surface area contributed by atoms with Gasteiger partial charge in [-0.25, -0.2) is 0 Å². The lowest BCUT2D eigenvalue weighted by atomic mass is 10.0. The molecule has 3 atom stereocenters. The average Bonchev–Trinajstić information content (AvgIpc) is 3.45. The third-order valence-electron chi connectivity index (χ3n) is 6.44. The Kier molecular flexibility index (Phi) is 4.92. The van der Waals surface area contributed by atoms with Gasteiger partial charge >= 0.3 is 0 Å². The Labute approximate surface area is 195 Å². The minimum atomic E-state index is -0.103. The fourth-order valence-corrected chi connectivity index (χ4v) is 4.78. The quantitative estimate of drug-likeness (QED) is 0.481. The molecule has 9 heteroatoms. The van der Waals surface area contributed by atoms with Gasteiger partial charge in [0.15, 0.2) is 5.75 Å². The van der Waals surface area contributed by atoms with Crippen LogP contribution in [0.1, 0.15) is 34.8 Å². The average molecular weight is 467 g/mol. The van der Waals surface area contributed by atoms with Gasteiger partial charge in [0.1, 0.15) is 12.4 Å². The second-order valence-electron chi connectivity index (χ2n) is 8.50. The van der Waals surface area contributed by atoms with E-state index in [1.807, 2.05) is 18.2 Å². The molecular weight excluding hydrogens is 444 g/mol. The SMILES string of the molecule is COc1c(Cl)cccc1Nc1c(-c2ccncc2OC[C@@H]2CCO2)[nH]c2c1C(=O)N[C@H]1C[C@@H]21. The topological polar surface area (TPSA) is 97.5 Å². The van der Waals surface area contributed by atoms with Crippen LogP contribution in [0.25, 0.3) is 11.3 Å². The van der Waals surface area contributed by atoms with Gasteiger partial charge in [-0.1, -0.05) is 17.7 Å². The van der Waals surface area contributed by atoms with Crippen molar-refractivity contribution in [1.82, 2.24) is 15.3 Å². The number of amides is 1. The number of fused-ring (bicyclic) bond motifs is 3. The number of halogens is 1. The van der Waals surface area contributed by atoms with E-state index in [9.17, 15) is 4.79 Å². The van der Waals surface area contributed by atoms with E-state index in [1.165, 1.54) is 0 Å². The van der Waals surface area contributed by atoms with Crippen molar-refractivity contribution in [2.75, 3.05) is 25.6 Å². The molecule has 3 N–H and O–H groups in total. The first-order valence-corrected chi connectivity index (χ1v) is 11.4. The van der Waals surface area contributed by atoms with E-state index in [0.29, 0.717) is 40.1 Å². The Balaban J connectivity index is 1.46. The molecule has 2 fully saturated rings. The highest BCUT2D eigenvalue weighted by Gasteiger charge is 2.48.